The number of hydrogen-bond acceptors (Lipinski definition) is 6. The zero-order valence-corrected chi connectivity index (χ0v) is 18.7. The van der Waals surface area contributed by atoms with Crippen LogP contribution in [0.15, 0.2) is 65.7 Å². The number of carbonyl (C=O) groups is 2. The van der Waals surface area contributed by atoms with Crippen molar-refractivity contribution in [3.63, 3.8) is 0 Å². The van der Waals surface area contributed by atoms with Gasteiger partial charge in [0.2, 0.25) is 11.8 Å². The molecule has 0 aliphatic carbocycles. The van der Waals surface area contributed by atoms with Crippen LogP contribution >= 0.6 is 0 Å². The third-order valence-electron chi connectivity index (χ3n) is 5.28. The van der Waals surface area contributed by atoms with E-state index in [1.165, 1.54) is 31.5 Å². The lowest BCUT2D eigenvalue weighted by atomic mass is 9.98. The van der Waals surface area contributed by atoms with Crippen LogP contribution in [0.4, 0.5) is 24.5 Å². The molecule has 34 heavy (non-hydrogen) atoms. The number of amides is 2. The molecule has 1 saturated heterocycles. The van der Waals surface area contributed by atoms with Gasteiger partial charge in [-0.1, -0.05) is 12.1 Å². The fraction of sp³-hybridized carbons (Fsp3) is 0.304. The standard InChI is InChI=1S/C23H25F3N6O2/c1-15(33)32-13-17(14-32)22(34)31(2)12-16-5-7-18(8-6-16)29-20(10-27)21(23(24,25)26)30-19-4-3-9-28-11-19/h3-11,17,29H,12-14,27H2,1-2H3/b20-10+,30-21?. The van der Waals surface area contributed by atoms with Crippen LogP contribution in [0.25, 0.3) is 0 Å². The number of aromatic nitrogens is 1. The highest BCUT2D eigenvalue weighted by Crippen LogP contribution is 2.26. The van der Waals surface area contributed by atoms with Gasteiger partial charge in [0.1, 0.15) is 0 Å². The predicted molar refractivity (Wildman–Crippen MR) is 122 cm³/mol. The number of carbonyl (C=O) groups excluding carboxylic acids is 2. The molecule has 2 amide bonds. The summed E-state index contributed by atoms with van der Waals surface area (Å²) in [5.41, 5.74) is 5.10. The first kappa shape index (κ1) is 24.7. The number of benzene rings is 1. The van der Waals surface area contributed by atoms with Crippen LogP contribution < -0.4 is 11.1 Å². The van der Waals surface area contributed by atoms with Crippen molar-refractivity contribution in [2.24, 2.45) is 16.6 Å². The van der Waals surface area contributed by atoms with Crippen LogP contribution in [-0.2, 0) is 16.1 Å². The lowest BCUT2D eigenvalue weighted by molar-refractivity contribution is -0.146. The molecule has 3 N–H and O–H groups in total. The number of alkyl halides is 3. The van der Waals surface area contributed by atoms with Gasteiger partial charge in [0.15, 0.2) is 5.71 Å². The van der Waals surface area contributed by atoms with Gasteiger partial charge in [-0.25, -0.2) is 4.99 Å². The lowest BCUT2D eigenvalue weighted by Gasteiger charge is -2.39. The van der Waals surface area contributed by atoms with Gasteiger partial charge in [0, 0.05) is 51.7 Å². The average Bonchev–Trinajstić information content (AvgIpc) is 2.76. The third kappa shape index (κ3) is 6.12. The van der Waals surface area contributed by atoms with E-state index < -0.39 is 17.6 Å². The Balaban J connectivity index is 1.66. The molecule has 2 aromatic rings. The molecule has 0 atom stereocenters. The summed E-state index contributed by atoms with van der Waals surface area (Å²) in [4.78, 5) is 34.4. The number of nitrogens with two attached hydrogens (primary N) is 1. The zero-order chi connectivity index (χ0) is 24.9. The molecule has 1 fully saturated rings. The number of nitrogens with zero attached hydrogens (tertiary/aromatic N) is 4. The molecule has 180 valence electrons. The number of allylic oxidation sites excluding steroid dienone is 1. The summed E-state index contributed by atoms with van der Waals surface area (Å²) in [6.45, 7) is 2.62. The van der Waals surface area contributed by atoms with Gasteiger partial charge in [0.25, 0.3) is 0 Å². The summed E-state index contributed by atoms with van der Waals surface area (Å²) in [5.74, 6) is -0.332. The molecule has 2 heterocycles. The number of anilines is 1. The Morgan fingerprint density at radius 3 is 2.47 bits per heavy atom. The Morgan fingerprint density at radius 1 is 1.26 bits per heavy atom. The van der Waals surface area contributed by atoms with Gasteiger partial charge in [-0.15, -0.1) is 0 Å². The number of rotatable bonds is 7. The second-order valence-electron chi connectivity index (χ2n) is 7.89. The number of aliphatic imine (C=N–C) groups is 1. The van der Waals surface area contributed by atoms with Gasteiger partial charge in [-0.2, -0.15) is 13.2 Å². The average molecular weight is 474 g/mol. The van der Waals surface area contributed by atoms with Crippen molar-refractivity contribution in [1.82, 2.24) is 14.8 Å². The number of likely N-dealkylation sites (tertiary alicyclic amines) is 1. The molecular weight excluding hydrogens is 449 g/mol. The Morgan fingerprint density at radius 2 is 1.94 bits per heavy atom. The van der Waals surface area contributed by atoms with Crippen LogP contribution in [-0.4, -0.2) is 58.6 Å². The van der Waals surface area contributed by atoms with Crippen LogP contribution in [0.3, 0.4) is 0 Å². The minimum absolute atomic E-state index is 0.0388. The first-order valence-electron chi connectivity index (χ1n) is 10.4. The van der Waals surface area contributed by atoms with E-state index in [1.807, 2.05) is 0 Å². The fourth-order valence-corrected chi connectivity index (χ4v) is 3.41. The maximum absolute atomic E-state index is 13.6. The van der Waals surface area contributed by atoms with Crippen molar-refractivity contribution < 1.29 is 22.8 Å². The summed E-state index contributed by atoms with van der Waals surface area (Å²) in [6.07, 6.45) is -1.29. The smallest absolute Gasteiger partial charge is 0.403 e. The molecule has 1 aromatic carbocycles. The second kappa shape index (κ2) is 10.4. The molecule has 0 unspecified atom stereocenters. The van der Waals surface area contributed by atoms with E-state index in [-0.39, 0.29) is 23.4 Å². The van der Waals surface area contributed by atoms with Crippen molar-refractivity contribution in [1.29, 1.82) is 0 Å². The van der Waals surface area contributed by atoms with Crippen molar-refractivity contribution in [3.05, 3.63) is 66.3 Å². The van der Waals surface area contributed by atoms with Crippen molar-refractivity contribution >= 4 is 28.9 Å². The number of hydrogen-bond donors (Lipinski definition) is 2. The van der Waals surface area contributed by atoms with E-state index in [0.29, 0.717) is 25.3 Å². The van der Waals surface area contributed by atoms with E-state index in [9.17, 15) is 22.8 Å². The van der Waals surface area contributed by atoms with E-state index in [1.54, 1.807) is 41.1 Å². The summed E-state index contributed by atoms with van der Waals surface area (Å²) in [6, 6.07) is 9.48. The number of halogens is 3. The van der Waals surface area contributed by atoms with Crippen LogP contribution in [0, 0.1) is 5.92 Å². The molecule has 1 aromatic heterocycles. The van der Waals surface area contributed by atoms with E-state index in [2.05, 4.69) is 15.3 Å². The Kier molecular flexibility index (Phi) is 7.54. The van der Waals surface area contributed by atoms with Crippen molar-refractivity contribution in [2.45, 2.75) is 19.6 Å². The molecule has 0 spiro atoms. The summed E-state index contributed by atoms with van der Waals surface area (Å²) >= 11 is 0. The molecule has 0 bridgehead atoms. The normalized spacial score (nSPS) is 15.0. The minimum Gasteiger partial charge on any atom is -0.403 e. The first-order chi connectivity index (χ1) is 16.1. The molecular formula is C23H25F3N6O2. The molecule has 1 aliphatic rings. The van der Waals surface area contributed by atoms with Gasteiger partial charge in [0.05, 0.1) is 23.5 Å². The quantitative estimate of drug-likeness (QED) is 0.601. The van der Waals surface area contributed by atoms with E-state index in [0.717, 1.165) is 11.8 Å². The summed E-state index contributed by atoms with van der Waals surface area (Å²) in [5, 5.41) is 2.66. The van der Waals surface area contributed by atoms with Gasteiger partial charge < -0.3 is 20.9 Å². The molecule has 3 rings (SSSR count). The third-order valence-corrected chi connectivity index (χ3v) is 5.28. The molecule has 0 radical (unpaired) electrons. The largest absolute Gasteiger partial charge is 0.435 e. The lowest BCUT2D eigenvalue weighted by Crippen LogP contribution is -2.55. The van der Waals surface area contributed by atoms with Crippen LogP contribution in [0.2, 0.25) is 0 Å². The van der Waals surface area contributed by atoms with Crippen LogP contribution in [0.1, 0.15) is 12.5 Å². The van der Waals surface area contributed by atoms with Crippen LogP contribution in [0.5, 0.6) is 0 Å². The molecule has 8 nitrogen and oxygen atoms in total. The van der Waals surface area contributed by atoms with E-state index >= 15 is 0 Å². The summed E-state index contributed by atoms with van der Waals surface area (Å²) in [7, 11) is 1.67. The molecule has 11 heteroatoms. The minimum atomic E-state index is -4.75. The van der Waals surface area contributed by atoms with Gasteiger partial charge in [-0.05, 0) is 29.8 Å². The zero-order valence-electron chi connectivity index (χ0n) is 18.7. The summed E-state index contributed by atoms with van der Waals surface area (Å²) < 4.78 is 40.9. The monoisotopic (exact) mass is 474 g/mol. The highest BCUT2D eigenvalue weighted by Gasteiger charge is 2.38. The Labute approximate surface area is 195 Å². The maximum Gasteiger partial charge on any atom is 0.435 e. The second-order valence-corrected chi connectivity index (χ2v) is 7.89. The maximum atomic E-state index is 13.6. The predicted octanol–water partition coefficient (Wildman–Crippen LogP) is 3.07. The fourth-order valence-electron chi connectivity index (χ4n) is 3.41. The van der Waals surface area contributed by atoms with Crippen molar-refractivity contribution in [3.8, 4) is 0 Å². The molecule has 1 aliphatic heterocycles. The first-order valence-corrected chi connectivity index (χ1v) is 10.4. The Hall–Kier alpha value is -3.89. The topological polar surface area (TPSA) is 104 Å². The van der Waals surface area contributed by atoms with Gasteiger partial charge in [-0.3, -0.25) is 14.6 Å². The SMILES string of the molecule is CC(=O)N1CC(C(=O)N(C)Cc2ccc(N/C(=C/N)C(=Nc3cccnc3)C(F)(F)F)cc2)C1. The number of pyridine rings is 1. The highest BCUT2D eigenvalue weighted by molar-refractivity contribution is 6.07. The van der Waals surface area contributed by atoms with Gasteiger partial charge >= 0.3 is 6.18 Å². The number of nitrogens with one attached hydrogen (secondary N) is 1. The molecule has 0 saturated carbocycles. The Bertz CT molecular complexity index is 1080. The highest BCUT2D eigenvalue weighted by atomic mass is 19.4. The van der Waals surface area contributed by atoms with E-state index in [4.69, 9.17) is 5.73 Å². The van der Waals surface area contributed by atoms with Crippen molar-refractivity contribution in [2.75, 3.05) is 25.5 Å².